The number of hydrogen-bond donors (Lipinski definition) is 2. The van der Waals surface area contributed by atoms with Gasteiger partial charge in [0.25, 0.3) is 0 Å². The Morgan fingerprint density at radius 1 is 1.22 bits per heavy atom. The molecule has 0 aromatic heterocycles. The molecular weight excluding hydrogens is 290 g/mol. The number of ether oxygens (including phenoxy) is 1. The maximum absolute atomic E-state index is 11.5. The van der Waals surface area contributed by atoms with Gasteiger partial charge in [-0.3, -0.25) is 0 Å². The molecule has 0 spiro atoms. The Bertz CT molecular complexity index is 367. The van der Waals surface area contributed by atoms with Crippen molar-refractivity contribution in [2.24, 2.45) is 5.92 Å². The van der Waals surface area contributed by atoms with Crippen LogP contribution in [0.2, 0.25) is 0 Å². The van der Waals surface area contributed by atoms with Gasteiger partial charge < -0.3 is 20.3 Å². The average molecular weight is 325 g/mol. The lowest BCUT2D eigenvalue weighted by molar-refractivity contribution is 0.0534. The van der Waals surface area contributed by atoms with Crippen molar-refractivity contribution < 1.29 is 9.53 Å². The van der Waals surface area contributed by atoms with Crippen molar-refractivity contribution in [1.82, 2.24) is 15.5 Å². The smallest absolute Gasteiger partial charge is 0.407 e. The topological polar surface area (TPSA) is 53.6 Å². The predicted molar refractivity (Wildman–Crippen MR) is 95.7 cm³/mol. The molecule has 1 amide bonds. The van der Waals surface area contributed by atoms with Gasteiger partial charge in [-0.1, -0.05) is 26.0 Å². The Balaban J connectivity index is 2.06. The zero-order chi connectivity index (χ0) is 17.3. The largest absolute Gasteiger partial charge is 0.444 e. The van der Waals surface area contributed by atoms with Crippen molar-refractivity contribution in [1.29, 1.82) is 0 Å². The second-order valence-corrected chi connectivity index (χ2v) is 7.73. The molecule has 0 radical (unpaired) electrons. The quantitative estimate of drug-likeness (QED) is 0.707. The first kappa shape index (κ1) is 20.0. The molecule has 0 unspecified atom stereocenters. The van der Waals surface area contributed by atoms with Crippen molar-refractivity contribution in [2.75, 3.05) is 32.7 Å². The highest BCUT2D eigenvalue weighted by molar-refractivity contribution is 5.67. The average Bonchev–Trinajstić information content (AvgIpc) is 2.42. The Kier molecular flexibility index (Phi) is 8.63. The summed E-state index contributed by atoms with van der Waals surface area (Å²) in [4.78, 5) is 14.0. The maximum atomic E-state index is 11.5. The zero-order valence-corrected chi connectivity index (χ0v) is 15.5. The molecule has 0 aliphatic carbocycles. The van der Waals surface area contributed by atoms with E-state index in [4.69, 9.17) is 4.74 Å². The van der Waals surface area contributed by atoms with Crippen LogP contribution in [0.15, 0.2) is 12.2 Å². The van der Waals surface area contributed by atoms with Crippen LogP contribution < -0.4 is 10.6 Å². The van der Waals surface area contributed by atoms with Gasteiger partial charge in [0.2, 0.25) is 0 Å². The molecule has 5 nitrogen and oxygen atoms in total. The monoisotopic (exact) mass is 325 g/mol. The molecule has 134 valence electrons. The number of hydrogen-bond acceptors (Lipinski definition) is 4. The third kappa shape index (κ3) is 10.3. The van der Waals surface area contributed by atoms with E-state index in [1.54, 1.807) is 0 Å². The lowest BCUT2D eigenvalue weighted by atomic mass is 10.0. The highest BCUT2D eigenvalue weighted by Gasteiger charge is 2.18. The van der Waals surface area contributed by atoms with Crippen LogP contribution >= 0.6 is 0 Å². The minimum Gasteiger partial charge on any atom is -0.444 e. The van der Waals surface area contributed by atoms with E-state index in [1.807, 2.05) is 26.8 Å². The van der Waals surface area contributed by atoms with Crippen molar-refractivity contribution in [2.45, 2.75) is 59.1 Å². The third-order valence-corrected chi connectivity index (χ3v) is 3.67. The van der Waals surface area contributed by atoms with Crippen LogP contribution in [0.25, 0.3) is 0 Å². The standard InChI is InChI=1S/C18H35N3O2/c1-15(2)14-21-12-8-16(9-13-21)19-10-6-7-11-20-17(22)23-18(3,4)5/h6-7,15-16,19H,8-14H2,1-5H3,(H,20,22)/b7-6+. The van der Waals surface area contributed by atoms with Gasteiger partial charge in [0, 0.05) is 25.7 Å². The molecule has 1 rings (SSSR count). The first-order valence-corrected chi connectivity index (χ1v) is 8.84. The number of carbonyl (C=O) groups is 1. The van der Waals surface area contributed by atoms with Crippen molar-refractivity contribution in [3.05, 3.63) is 12.2 Å². The van der Waals surface area contributed by atoms with Gasteiger partial charge in [0.15, 0.2) is 0 Å². The molecule has 0 saturated carbocycles. The Morgan fingerprint density at radius 3 is 2.39 bits per heavy atom. The second kappa shape index (κ2) is 9.93. The summed E-state index contributed by atoms with van der Waals surface area (Å²) in [5.41, 5.74) is -0.445. The number of amides is 1. The minimum atomic E-state index is -0.445. The summed E-state index contributed by atoms with van der Waals surface area (Å²) in [6.07, 6.45) is 6.10. The number of rotatable bonds is 7. The van der Waals surface area contributed by atoms with Gasteiger partial charge in [-0.2, -0.15) is 0 Å². The van der Waals surface area contributed by atoms with Crippen molar-refractivity contribution in [3.63, 3.8) is 0 Å². The molecule has 1 aliphatic rings. The van der Waals surface area contributed by atoms with Crippen LogP contribution in [0.1, 0.15) is 47.5 Å². The molecule has 1 saturated heterocycles. The minimum absolute atomic E-state index is 0.368. The van der Waals surface area contributed by atoms with Crippen molar-refractivity contribution in [3.8, 4) is 0 Å². The summed E-state index contributed by atoms with van der Waals surface area (Å²) in [5, 5.41) is 6.28. The van der Waals surface area contributed by atoms with E-state index in [9.17, 15) is 4.79 Å². The Labute approximate surface area is 141 Å². The summed E-state index contributed by atoms with van der Waals surface area (Å²) in [7, 11) is 0. The number of nitrogens with one attached hydrogen (secondary N) is 2. The molecule has 0 aromatic carbocycles. The highest BCUT2D eigenvalue weighted by Crippen LogP contribution is 2.11. The zero-order valence-electron chi connectivity index (χ0n) is 15.5. The van der Waals surface area contributed by atoms with Gasteiger partial charge in [-0.05, 0) is 52.6 Å². The van der Waals surface area contributed by atoms with Crippen LogP contribution in [-0.2, 0) is 4.74 Å². The normalized spacial score (nSPS) is 17.8. The summed E-state index contributed by atoms with van der Waals surface area (Å²) < 4.78 is 5.17. The lowest BCUT2D eigenvalue weighted by Gasteiger charge is -2.33. The van der Waals surface area contributed by atoms with Gasteiger partial charge >= 0.3 is 6.09 Å². The van der Waals surface area contributed by atoms with Gasteiger partial charge in [0.05, 0.1) is 0 Å². The Hall–Kier alpha value is -1.07. The molecule has 0 aromatic rings. The fourth-order valence-corrected chi connectivity index (χ4v) is 2.69. The lowest BCUT2D eigenvalue weighted by Crippen LogP contribution is -2.43. The number of nitrogens with zero attached hydrogens (tertiary/aromatic N) is 1. The summed E-state index contributed by atoms with van der Waals surface area (Å²) >= 11 is 0. The van der Waals surface area contributed by atoms with Crippen molar-refractivity contribution >= 4 is 6.09 Å². The molecule has 1 heterocycles. The van der Waals surface area contributed by atoms with Crippen LogP contribution in [-0.4, -0.2) is 55.4 Å². The van der Waals surface area contributed by atoms with Gasteiger partial charge in [-0.25, -0.2) is 4.79 Å². The third-order valence-electron chi connectivity index (χ3n) is 3.67. The van der Waals surface area contributed by atoms with Crippen LogP contribution in [0.4, 0.5) is 4.79 Å². The Morgan fingerprint density at radius 2 is 1.83 bits per heavy atom. The van der Waals surface area contributed by atoms with E-state index < -0.39 is 5.60 Å². The van der Waals surface area contributed by atoms with E-state index in [-0.39, 0.29) is 6.09 Å². The van der Waals surface area contributed by atoms with E-state index in [2.05, 4.69) is 35.5 Å². The number of likely N-dealkylation sites (tertiary alicyclic amines) is 1. The molecule has 5 heteroatoms. The first-order chi connectivity index (χ1) is 10.8. The second-order valence-electron chi connectivity index (χ2n) is 7.73. The fourth-order valence-electron chi connectivity index (χ4n) is 2.69. The summed E-state index contributed by atoms with van der Waals surface area (Å²) in [5.74, 6) is 0.750. The summed E-state index contributed by atoms with van der Waals surface area (Å²) in [6.45, 7) is 15.1. The van der Waals surface area contributed by atoms with E-state index in [0.717, 1.165) is 12.5 Å². The van der Waals surface area contributed by atoms with Gasteiger partial charge in [0.1, 0.15) is 5.60 Å². The number of alkyl carbamates (subject to hydrolysis) is 1. The van der Waals surface area contributed by atoms with E-state index >= 15 is 0 Å². The van der Waals surface area contributed by atoms with Crippen LogP contribution in [0, 0.1) is 5.92 Å². The SMILES string of the molecule is CC(C)CN1CCC(NC/C=C/CNC(=O)OC(C)(C)C)CC1. The van der Waals surface area contributed by atoms with E-state index in [0.29, 0.717) is 12.6 Å². The fraction of sp³-hybridized carbons (Fsp3) is 0.833. The highest BCUT2D eigenvalue weighted by atomic mass is 16.6. The number of piperidine rings is 1. The maximum Gasteiger partial charge on any atom is 0.407 e. The first-order valence-electron chi connectivity index (χ1n) is 8.84. The molecule has 2 N–H and O–H groups in total. The predicted octanol–water partition coefficient (Wildman–Crippen LogP) is 2.78. The number of carbonyl (C=O) groups excluding carboxylic acids is 1. The van der Waals surface area contributed by atoms with Gasteiger partial charge in [-0.15, -0.1) is 0 Å². The van der Waals surface area contributed by atoms with Crippen LogP contribution in [0.5, 0.6) is 0 Å². The molecule has 0 bridgehead atoms. The van der Waals surface area contributed by atoms with Crippen LogP contribution in [0.3, 0.4) is 0 Å². The molecule has 23 heavy (non-hydrogen) atoms. The molecule has 0 atom stereocenters. The summed E-state index contributed by atoms with van der Waals surface area (Å²) in [6, 6.07) is 0.613. The molecule has 1 aliphatic heterocycles. The van der Waals surface area contributed by atoms with E-state index in [1.165, 1.54) is 32.5 Å². The molecular formula is C18H35N3O2. The molecule has 1 fully saturated rings.